The van der Waals surface area contributed by atoms with Gasteiger partial charge in [0.25, 0.3) is 0 Å². The highest BCUT2D eigenvalue weighted by Crippen LogP contribution is 2.26. The van der Waals surface area contributed by atoms with Gasteiger partial charge in [0.15, 0.2) is 0 Å². The minimum atomic E-state index is -0.00526. The Morgan fingerprint density at radius 2 is 2.21 bits per heavy atom. The Labute approximate surface area is 86.7 Å². The molecule has 1 aliphatic rings. The molecule has 0 spiro atoms. The van der Waals surface area contributed by atoms with Crippen molar-refractivity contribution in [3.05, 3.63) is 16.5 Å². The van der Waals surface area contributed by atoms with Crippen molar-refractivity contribution in [1.82, 2.24) is 9.97 Å². The summed E-state index contributed by atoms with van der Waals surface area (Å²) < 4.78 is 0. The summed E-state index contributed by atoms with van der Waals surface area (Å²) in [6, 6.07) is 0. The van der Waals surface area contributed by atoms with Crippen molar-refractivity contribution in [2.75, 3.05) is 5.32 Å². The van der Waals surface area contributed by atoms with Gasteiger partial charge in [-0.15, -0.1) is 0 Å². The van der Waals surface area contributed by atoms with Gasteiger partial charge in [-0.2, -0.15) is 0 Å². The smallest absolute Gasteiger partial charge is 0.225 e. The lowest BCUT2D eigenvalue weighted by atomic mass is 10.1. The van der Waals surface area contributed by atoms with Crippen molar-refractivity contribution in [3.8, 4) is 0 Å². The second kappa shape index (κ2) is 3.53. The van der Waals surface area contributed by atoms with E-state index < -0.39 is 0 Å². The van der Waals surface area contributed by atoms with E-state index in [1.807, 2.05) is 6.92 Å². The fourth-order valence-corrected chi connectivity index (χ4v) is 1.70. The highest BCUT2D eigenvalue weighted by molar-refractivity contribution is 6.30. The third kappa shape index (κ3) is 1.57. The van der Waals surface area contributed by atoms with Crippen LogP contribution in [0, 0.1) is 0 Å². The molecule has 1 amide bonds. The van der Waals surface area contributed by atoms with Gasteiger partial charge in [-0.25, -0.2) is 9.97 Å². The molecule has 2 heterocycles. The van der Waals surface area contributed by atoms with E-state index in [1.54, 1.807) is 0 Å². The standard InChI is InChI=1S/C9H10ClN3O/c1-2-6-11-8(10)5-3-4-7(14)13-9(5)12-6/h2-4H2,1H3,(H,11,12,13,14). The maximum absolute atomic E-state index is 11.1. The quantitative estimate of drug-likeness (QED) is 0.718. The number of anilines is 1. The number of amides is 1. The summed E-state index contributed by atoms with van der Waals surface area (Å²) in [7, 11) is 0. The number of carbonyl (C=O) groups excluding carboxylic acids is 1. The Kier molecular flexibility index (Phi) is 2.37. The topological polar surface area (TPSA) is 54.9 Å². The fraction of sp³-hybridized carbons (Fsp3) is 0.444. The predicted molar refractivity (Wildman–Crippen MR) is 53.4 cm³/mol. The molecule has 14 heavy (non-hydrogen) atoms. The maximum Gasteiger partial charge on any atom is 0.225 e. The maximum atomic E-state index is 11.1. The molecule has 0 saturated carbocycles. The second-order valence-electron chi connectivity index (χ2n) is 3.16. The molecule has 4 nitrogen and oxygen atoms in total. The molecule has 1 aromatic heterocycles. The molecule has 1 aliphatic heterocycles. The average Bonchev–Trinajstić information content (AvgIpc) is 2.16. The summed E-state index contributed by atoms with van der Waals surface area (Å²) in [6.45, 7) is 1.95. The number of fused-ring (bicyclic) bond motifs is 1. The third-order valence-corrected chi connectivity index (χ3v) is 2.49. The monoisotopic (exact) mass is 211 g/mol. The van der Waals surface area contributed by atoms with Crippen molar-refractivity contribution in [3.63, 3.8) is 0 Å². The fourth-order valence-electron chi connectivity index (χ4n) is 1.42. The molecule has 2 rings (SSSR count). The first-order valence-corrected chi connectivity index (χ1v) is 4.93. The summed E-state index contributed by atoms with van der Waals surface area (Å²) in [4.78, 5) is 19.5. The van der Waals surface area contributed by atoms with Crippen LogP contribution in [0.1, 0.15) is 24.7 Å². The lowest BCUT2D eigenvalue weighted by molar-refractivity contribution is -0.116. The van der Waals surface area contributed by atoms with Crippen LogP contribution in [0.15, 0.2) is 0 Å². The van der Waals surface area contributed by atoms with Crippen molar-refractivity contribution in [2.45, 2.75) is 26.2 Å². The molecule has 0 unspecified atom stereocenters. The average molecular weight is 212 g/mol. The molecule has 1 aromatic rings. The van der Waals surface area contributed by atoms with E-state index in [4.69, 9.17) is 11.6 Å². The Morgan fingerprint density at radius 3 is 2.93 bits per heavy atom. The molecule has 5 heteroatoms. The second-order valence-corrected chi connectivity index (χ2v) is 3.52. The van der Waals surface area contributed by atoms with Gasteiger partial charge >= 0.3 is 0 Å². The van der Waals surface area contributed by atoms with Gasteiger partial charge in [0.1, 0.15) is 16.8 Å². The number of carbonyl (C=O) groups is 1. The van der Waals surface area contributed by atoms with Gasteiger partial charge in [-0.3, -0.25) is 4.79 Å². The molecule has 0 aliphatic carbocycles. The van der Waals surface area contributed by atoms with Crippen LogP contribution >= 0.6 is 11.6 Å². The van der Waals surface area contributed by atoms with E-state index in [0.717, 1.165) is 5.56 Å². The largest absolute Gasteiger partial charge is 0.310 e. The number of aromatic nitrogens is 2. The minimum absolute atomic E-state index is 0.00526. The Hall–Kier alpha value is -1.16. The molecule has 0 atom stereocenters. The van der Waals surface area contributed by atoms with Crippen LogP contribution in [0.5, 0.6) is 0 Å². The van der Waals surface area contributed by atoms with E-state index in [0.29, 0.717) is 36.1 Å². The van der Waals surface area contributed by atoms with Gasteiger partial charge in [-0.05, 0) is 6.42 Å². The third-order valence-electron chi connectivity index (χ3n) is 2.18. The van der Waals surface area contributed by atoms with E-state index in [9.17, 15) is 4.79 Å². The van der Waals surface area contributed by atoms with Crippen LogP contribution < -0.4 is 5.32 Å². The molecule has 0 fully saturated rings. The Bertz CT molecular complexity index is 392. The van der Waals surface area contributed by atoms with Gasteiger partial charge in [0, 0.05) is 18.4 Å². The van der Waals surface area contributed by atoms with Crippen LogP contribution in [-0.2, 0) is 17.6 Å². The number of nitrogens with one attached hydrogen (secondary N) is 1. The molecule has 0 radical (unpaired) electrons. The van der Waals surface area contributed by atoms with Crippen LogP contribution in [-0.4, -0.2) is 15.9 Å². The molecule has 0 saturated heterocycles. The van der Waals surface area contributed by atoms with Gasteiger partial charge in [-0.1, -0.05) is 18.5 Å². The highest BCUT2D eigenvalue weighted by atomic mass is 35.5. The normalized spacial score (nSPS) is 14.9. The zero-order valence-corrected chi connectivity index (χ0v) is 8.56. The van der Waals surface area contributed by atoms with Crippen LogP contribution in [0.25, 0.3) is 0 Å². The van der Waals surface area contributed by atoms with Gasteiger partial charge in [0.05, 0.1) is 0 Å². The van der Waals surface area contributed by atoms with E-state index in [-0.39, 0.29) is 5.91 Å². The molecule has 74 valence electrons. The zero-order valence-electron chi connectivity index (χ0n) is 7.80. The molecule has 0 aromatic carbocycles. The summed E-state index contributed by atoms with van der Waals surface area (Å²) in [6.07, 6.45) is 1.80. The minimum Gasteiger partial charge on any atom is -0.310 e. The van der Waals surface area contributed by atoms with Gasteiger partial charge < -0.3 is 5.32 Å². The lowest BCUT2D eigenvalue weighted by Crippen LogP contribution is -2.21. The molecule has 1 N–H and O–H groups in total. The first kappa shape index (κ1) is 9.40. The first-order chi connectivity index (χ1) is 6.70. The summed E-state index contributed by atoms with van der Waals surface area (Å²) in [5.74, 6) is 1.24. The highest BCUT2D eigenvalue weighted by Gasteiger charge is 2.20. The van der Waals surface area contributed by atoms with E-state index in [1.165, 1.54) is 0 Å². The van der Waals surface area contributed by atoms with Crippen molar-refractivity contribution < 1.29 is 4.79 Å². The number of hydrogen-bond donors (Lipinski definition) is 1. The molecule has 0 bridgehead atoms. The first-order valence-electron chi connectivity index (χ1n) is 4.56. The predicted octanol–water partition coefficient (Wildman–Crippen LogP) is 1.58. The lowest BCUT2D eigenvalue weighted by Gasteiger charge is -2.16. The summed E-state index contributed by atoms with van der Waals surface area (Å²) in [5.41, 5.74) is 0.850. The molecular weight excluding hydrogens is 202 g/mol. The Balaban J connectivity index is 2.48. The SMILES string of the molecule is CCc1nc(Cl)c2c(n1)NC(=O)CC2. The van der Waals surface area contributed by atoms with E-state index in [2.05, 4.69) is 15.3 Å². The summed E-state index contributed by atoms with van der Waals surface area (Å²) in [5, 5.41) is 3.17. The van der Waals surface area contributed by atoms with Crippen LogP contribution in [0.3, 0.4) is 0 Å². The van der Waals surface area contributed by atoms with Crippen LogP contribution in [0.2, 0.25) is 5.15 Å². The number of rotatable bonds is 1. The number of hydrogen-bond acceptors (Lipinski definition) is 3. The number of nitrogens with zero attached hydrogens (tertiary/aromatic N) is 2. The Morgan fingerprint density at radius 1 is 1.43 bits per heavy atom. The van der Waals surface area contributed by atoms with Crippen molar-refractivity contribution in [1.29, 1.82) is 0 Å². The number of halogens is 1. The van der Waals surface area contributed by atoms with Gasteiger partial charge in [0.2, 0.25) is 5.91 Å². The number of aryl methyl sites for hydroxylation is 1. The van der Waals surface area contributed by atoms with Crippen molar-refractivity contribution in [2.24, 2.45) is 0 Å². The molecular formula is C9H10ClN3O. The van der Waals surface area contributed by atoms with Crippen LogP contribution in [0.4, 0.5) is 5.82 Å². The zero-order chi connectivity index (χ0) is 10.1. The summed E-state index contributed by atoms with van der Waals surface area (Å²) >= 11 is 5.97. The van der Waals surface area contributed by atoms with Crippen molar-refractivity contribution >= 4 is 23.3 Å². The van der Waals surface area contributed by atoms with E-state index >= 15 is 0 Å².